The van der Waals surface area contributed by atoms with Crippen molar-refractivity contribution in [3.05, 3.63) is 84.1 Å². The number of hydrogen-bond donors (Lipinski definition) is 1. The molecule has 1 aliphatic rings. The highest BCUT2D eigenvalue weighted by atomic mass is 32.2. The summed E-state index contributed by atoms with van der Waals surface area (Å²) in [7, 11) is 1.58. The molecule has 8 heteroatoms. The predicted molar refractivity (Wildman–Crippen MR) is 118 cm³/mol. The summed E-state index contributed by atoms with van der Waals surface area (Å²) in [5.41, 5.74) is 2.27. The van der Waals surface area contributed by atoms with E-state index >= 15 is 0 Å². The number of benzene rings is 1. The van der Waals surface area contributed by atoms with E-state index in [2.05, 4.69) is 10.3 Å². The number of furan rings is 1. The van der Waals surface area contributed by atoms with Crippen molar-refractivity contribution >= 4 is 23.6 Å². The van der Waals surface area contributed by atoms with Crippen molar-refractivity contribution in [2.45, 2.75) is 17.8 Å². The van der Waals surface area contributed by atoms with Gasteiger partial charge in [0.25, 0.3) is 5.91 Å². The van der Waals surface area contributed by atoms with Crippen LogP contribution in [0.4, 0.5) is 0 Å². The normalized spacial score (nSPS) is 18.0. The maximum absolute atomic E-state index is 13.4. The van der Waals surface area contributed by atoms with E-state index in [9.17, 15) is 9.59 Å². The number of carbonyl (C=O) groups is 2. The molecule has 2 unspecified atom stereocenters. The zero-order valence-corrected chi connectivity index (χ0v) is 17.9. The van der Waals surface area contributed by atoms with Crippen molar-refractivity contribution in [3.8, 4) is 5.75 Å². The van der Waals surface area contributed by atoms with Crippen LogP contribution in [0, 0.1) is 0 Å². The lowest BCUT2D eigenvalue weighted by Gasteiger charge is -2.28. The lowest BCUT2D eigenvalue weighted by atomic mass is 10.1. The van der Waals surface area contributed by atoms with E-state index in [0.717, 1.165) is 11.3 Å². The summed E-state index contributed by atoms with van der Waals surface area (Å²) >= 11 is 1.55. The maximum Gasteiger partial charge on any atom is 0.255 e. The first-order valence-corrected chi connectivity index (χ1v) is 11.0. The number of methoxy groups -OCH3 is 1. The summed E-state index contributed by atoms with van der Waals surface area (Å²) in [6, 6.07) is 13.9. The van der Waals surface area contributed by atoms with Gasteiger partial charge in [0.1, 0.15) is 17.2 Å². The Hall–Kier alpha value is -3.26. The summed E-state index contributed by atoms with van der Waals surface area (Å²) in [5, 5.41) is 2.67. The minimum Gasteiger partial charge on any atom is -0.497 e. The van der Waals surface area contributed by atoms with Crippen LogP contribution in [0.3, 0.4) is 0 Å². The molecule has 31 heavy (non-hydrogen) atoms. The standard InChI is InChI=1S/C23H23N3O4S/c1-29-19-7-5-16(6-8-19)22(28)26-20(15-31-23(26)17-10-13-30-14-17)21(27)25-12-9-18-4-2-3-11-24-18/h2-8,10-11,13-14,20,23H,9,12,15H2,1H3,(H,25,27). The second-order valence-electron chi connectivity index (χ2n) is 7.06. The number of aromatic nitrogens is 1. The SMILES string of the molecule is COc1ccc(C(=O)N2C(C(=O)NCCc3ccccn3)CSC2c2ccoc2)cc1. The van der Waals surface area contributed by atoms with Gasteiger partial charge in [-0.15, -0.1) is 11.8 Å². The van der Waals surface area contributed by atoms with Gasteiger partial charge in [0.05, 0.1) is 19.6 Å². The average molecular weight is 438 g/mol. The second-order valence-corrected chi connectivity index (χ2v) is 8.17. The molecule has 1 N–H and O–H groups in total. The molecule has 0 bridgehead atoms. The highest BCUT2D eigenvalue weighted by Gasteiger charge is 2.42. The Morgan fingerprint density at radius 2 is 2.06 bits per heavy atom. The van der Waals surface area contributed by atoms with Gasteiger partial charge in [-0.2, -0.15) is 0 Å². The van der Waals surface area contributed by atoms with Gasteiger partial charge in [0.15, 0.2) is 0 Å². The van der Waals surface area contributed by atoms with Gasteiger partial charge in [-0.05, 0) is 42.5 Å². The van der Waals surface area contributed by atoms with Crippen LogP contribution in [0.2, 0.25) is 0 Å². The molecule has 1 fully saturated rings. The molecule has 1 saturated heterocycles. The van der Waals surface area contributed by atoms with Crippen molar-refractivity contribution in [2.24, 2.45) is 0 Å². The Morgan fingerprint density at radius 3 is 2.74 bits per heavy atom. The van der Waals surface area contributed by atoms with Crippen molar-refractivity contribution in [2.75, 3.05) is 19.4 Å². The molecule has 2 amide bonds. The number of hydrogen-bond acceptors (Lipinski definition) is 6. The molecular formula is C23H23N3O4S. The summed E-state index contributed by atoms with van der Waals surface area (Å²) in [4.78, 5) is 32.4. The van der Waals surface area contributed by atoms with Gasteiger partial charge in [-0.25, -0.2) is 0 Å². The summed E-state index contributed by atoms with van der Waals surface area (Å²) in [5.74, 6) is 0.801. The first-order valence-electron chi connectivity index (χ1n) is 9.95. The van der Waals surface area contributed by atoms with Gasteiger partial charge in [-0.1, -0.05) is 6.07 Å². The van der Waals surface area contributed by atoms with Crippen LogP contribution >= 0.6 is 11.8 Å². The van der Waals surface area contributed by atoms with E-state index in [0.29, 0.717) is 30.0 Å². The molecule has 2 aromatic heterocycles. The van der Waals surface area contributed by atoms with E-state index in [1.807, 2.05) is 24.3 Å². The largest absolute Gasteiger partial charge is 0.497 e. The monoisotopic (exact) mass is 437 g/mol. The minimum atomic E-state index is -0.580. The van der Waals surface area contributed by atoms with E-state index in [1.54, 1.807) is 66.8 Å². The van der Waals surface area contributed by atoms with Crippen molar-refractivity contribution in [3.63, 3.8) is 0 Å². The van der Waals surface area contributed by atoms with Crippen LogP contribution in [0.1, 0.15) is 27.0 Å². The Bertz CT molecular complexity index is 1010. The molecule has 160 valence electrons. The zero-order chi connectivity index (χ0) is 21.6. The highest BCUT2D eigenvalue weighted by molar-refractivity contribution is 7.99. The molecule has 1 aromatic carbocycles. The predicted octanol–water partition coefficient (Wildman–Crippen LogP) is 3.30. The number of nitrogens with zero attached hydrogens (tertiary/aromatic N) is 2. The first-order chi connectivity index (χ1) is 15.2. The van der Waals surface area contributed by atoms with E-state index in [-0.39, 0.29) is 17.2 Å². The third-order valence-corrected chi connectivity index (χ3v) is 6.43. The molecule has 3 heterocycles. The van der Waals surface area contributed by atoms with Crippen LogP contribution in [0.25, 0.3) is 0 Å². The Kier molecular flexibility index (Phi) is 6.57. The number of carbonyl (C=O) groups excluding carboxylic acids is 2. The summed E-state index contributed by atoms with van der Waals surface area (Å²) in [6.07, 6.45) is 5.55. The number of ether oxygens (including phenoxy) is 1. The third-order valence-electron chi connectivity index (χ3n) is 5.11. The van der Waals surface area contributed by atoms with E-state index < -0.39 is 6.04 Å². The van der Waals surface area contributed by atoms with Gasteiger partial charge < -0.3 is 19.4 Å². The zero-order valence-electron chi connectivity index (χ0n) is 17.1. The lowest BCUT2D eigenvalue weighted by molar-refractivity contribution is -0.124. The minimum absolute atomic E-state index is 0.170. The van der Waals surface area contributed by atoms with Crippen LogP contribution in [0.15, 0.2) is 71.7 Å². The topological polar surface area (TPSA) is 84.7 Å². The molecular weight excluding hydrogens is 414 g/mol. The van der Waals surface area contributed by atoms with Gasteiger partial charge >= 0.3 is 0 Å². The van der Waals surface area contributed by atoms with Gasteiger partial charge in [0.2, 0.25) is 5.91 Å². The van der Waals surface area contributed by atoms with Crippen LogP contribution in [-0.2, 0) is 11.2 Å². The third kappa shape index (κ3) is 4.74. The Labute approximate surface area is 184 Å². The average Bonchev–Trinajstić information content (AvgIpc) is 3.49. The van der Waals surface area contributed by atoms with Crippen molar-refractivity contribution in [1.82, 2.24) is 15.2 Å². The Balaban J connectivity index is 1.50. The number of amides is 2. The molecule has 4 rings (SSSR count). The van der Waals surface area contributed by atoms with Crippen molar-refractivity contribution in [1.29, 1.82) is 0 Å². The summed E-state index contributed by atoms with van der Waals surface area (Å²) < 4.78 is 10.4. The molecule has 0 saturated carbocycles. The fraction of sp³-hybridized carbons (Fsp3) is 0.261. The number of rotatable bonds is 7. The first kappa shape index (κ1) is 21.0. The number of thioether (sulfide) groups is 1. The molecule has 0 spiro atoms. The summed E-state index contributed by atoms with van der Waals surface area (Å²) in [6.45, 7) is 0.456. The molecule has 0 aliphatic carbocycles. The smallest absolute Gasteiger partial charge is 0.255 e. The quantitative estimate of drug-likeness (QED) is 0.611. The molecule has 0 radical (unpaired) electrons. The van der Waals surface area contributed by atoms with Crippen LogP contribution in [-0.4, -0.2) is 47.1 Å². The molecule has 7 nitrogen and oxygen atoms in total. The van der Waals surface area contributed by atoms with Crippen molar-refractivity contribution < 1.29 is 18.7 Å². The van der Waals surface area contributed by atoms with E-state index in [4.69, 9.17) is 9.15 Å². The number of pyridine rings is 1. The lowest BCUT2D eigenvalue weighted by Crippen LogP contribution is -2.48. The molecule has 2 atom stereocenters. The molecule has 1 aliphatic heterocycles. The van der Waals surface area contributed by atoms with Crippen LogP contribution in [0.5, 0.6) is 5.75 Å². The fourth-order valence-corrected chi connectivity index (χ4v) is 4.90. The highest BCUT2D eigenvalue weighted by Crippen LogP contribution is 2.42. The van der Waals surface area contributed by atoms with Gasteiger partial charge in [-0.3, -0.25) is 14.6 Å². The van der Waals surface area contributed by atoms with Gasteiger partial charge in [0, 0.05) is 41.7 Å². The van der Waals surface area contributed by atoms with E-state index in [1.165, 1.54) is 0 Å². The molecule has 3 aromatic rings. The van der Waals surface area contributed by atoms with Crippen LogP contribution < -0.4 is 10.1 Å². The maximum atomic E-state index is 13.4. The second kappa shape index (κ2) is 9.70. The fourth-order valence-electron chi connectivity index (χ4n) is 3.49. The Morgan fingerprint density at radius 1 is 1.23 bits per heavy atom. The number of nitrogens with one attached hydrogen (secondary N) is 1.